The number of phenols is 1. The lowest BCUT2D eigenvalue weighted by Crippen LogP contribution is -2.23. The van der Waals surface area contributed by atoms with E-state index in [4.69, 9.17) is 11.6 Å². The fourth-order valence-electron chi connectivity index (χ4n) is 2.26. The minimum atomic E-state index is -0.712. The molecule has 3 rings (SSSR count). The first kappa shape index (κ1) is 16.5. The number of anilines is 1. The van der Waals surface area contributed by atoms with Crippen LogP contribution in [0.25, 0.3) is 10.9 Å². The molecule has 0 spiro atoms. The maximum Gasteiger partial charge on any atom is 0.270 e. The third-order valence-electron chi connectivity index (χ3n) is 3.49. The molecule has 1 heterocycles. The number of H-pyrrole nitrogens is 1. The molecule has 1 amide bonds. The maximum atomic E-state index is 12.3. The van der Waals surface area contributed by atoms with Gasteiger partial charge in [0.2, 0.25) is 0 Å². The van der Waals surface area contributed by atoms with E-state index in [1.807, 2.05) is 0 Å². The lowest BCUT2D eigenvalue weighted by atomic mass is 10.1. The van der Waals surface area contributed by atoms with Gasteiger partial charge in [0.1, 0.15) is 11.3 Å². The van der Waals surface area contributed by atoms with Crippen LogP contribution in [-0.2, 0) is 0 Å². The first-order valence-corrected chi connectivity index (χ1v) is 7.34. The van der Waals surface area contributed by atoms with Crippen LogP contribution in [0, 0.1) is 10.1 Å². The number of fused-ring (bicyclic) bond motifs is 1. The van der Waals surface area contributed by atoms with E-state index in [1.165, 1.54) is 42.5 Å². The average Bonchev–Trinajstić information content (AvgIpc) is 2.57. The summed E-state index contributed by atoms with van der Waals surface area (Å²) in [4.78, 5) is 37.2. The third-order valence-corrected chi connectivity index (χ3v) is 3.79. The second kappa shape index (κ2) is 6.25. The van der Waals surface area contributed by atoms with Crippen LogP contribution < -0.4 is 10.9 Å². The summed E-state index contributed by atoms with van der Waals surface area (Å²) < 4.78 is 0. The smallest absolute Gasteiger partial charge is 0.270 e. The molecule has 0 bridgehead atoms. The molecule has 9 heteroatoms. The molecule has 25 heavy (non-hydrogen) atoms. The van der Waals surface area contributed by atoms with E-state index in [0.717, 1.165) is 0 Å². The van der Waals surface area contributed by atoms with E-state index in [-0.39, 0.29) is 27.7 Å². The highest BCUT2D eigenvalue weighted by Gasteiger charge is 2.15. The summed E-state index contributed by atoms with van der Waals surface area (Å²) in [6.45, 7) is 0. The third kappa shape index (κ3) is 3.29. The number of benzene rings is 2. The van der Waals surface area contributed by atoms with Crippen LogP contribution in [0.15, 0.2) is 47.3 Å². The first-order valence-electron chi connectivity index (χ1n) is 6.96. The van der Waals surface area contributed by atoms with Gasteiger partial charge < -0.3 is 15.4 Å². The number of hydrogen-bond acceptors (Lipinski definition) is 5. The number of non-ortho nitro benzene ring substituents is 1. The van der Waals surface area contributed by atoms with Crippen molar-refractivity contribution in [3.8, 4) is 5.75 Å². The van der Waals surface area contributed by atoms with E-state index >= 15 is 0 Å². The minimum absolute atomic E-state index is 0.0424. The standard InChI is InChI=1S/C16H10ClN3O5/c17-12-7-9(1-4-14(12)21)18-15(22)11-6-8-5-10(20(24)25)2-3-13(8)19-16(11)23/h1-7,21H,(H,18,22)(H,19,23). The highest BCUT2D eigenvalue weighted by Crippen LogP contribution is 2.26. The number of pyridine rings is 1. The molecule has 0 saturated heterocycles. The second-order valence-electron chi connectivity index (χ2n) is 5.16. The van der Waals surface area contributed by atoms with Gasteiger partial charge in [0, 0.05) is 28.7 Å². The SMILES string of the molecule is O=C(Nc1ccc(O)c(Cl)c1)c1cc2cc([N+](=O)[O-])ccc2[nH]c1=O. The van der Waals surface area contributed by atoms with Crippen LogP contribution in [0.5, 0.6) is 5.75 Å². The van der Waals surface area contributed by atoms with Gasteiger partial charge in [-0.15, -0.1) is 0 Å². The van der Waals surface area contributed by atoms with Gasteiger partial charge in [-0.2, -0.15) is 0 Å². The Bertz CT molecular complexity index is 1080. The fraction of sp³-hybridized carbons (Fsp3) is 0. The second-order valence-corrected chi connectivity index (χ2v) is 5.57. The van der Waals surface area contributed by atoms with Crippen molar-refractivity contribution in [1.82, 2.24) is 4.98 Å². The molecule has 3 aromatic rings. The maximum absolute atomic E-state index is 12.3. The lowest BCUT2D eigenvalue weighted by Gasteiger charge is -2.07. The van der Waals surface area contributed by atoms with Gasteiger partial charge in [0.05, 0.1) is 9.95 Å². The molecule has 2 aromatic carbocycles. The molecule has 0 fully saturated rings. The molecule has 0 aliphatic rings. The normalized spacial score (nSPS) is 10.6. The predicted molar refractivity (Wildman–Crippen MR) is 92.3 cm³/mol. The number of nitrogens with one attached hydrogen (secondary N) is 2. The number of nitro benzene ring substituents is 1. The summed E-state index contributed by atoms with van der Waals surface area (Å²) in [5.41, 5.74) is -0.344. The molecular weight excluding hydrogens is 350 g/mol. The Balaban J connectivity index is 1.99. The number of carbonyl (C=O) groups is 1. The van der Waals surface area contributed by atoms with Gasteiger partial charge in [-0.3, -0.25) is 19.7 Å². The van der Waals surface area contributed by atoms with E-state index < -0.39 is 16.4 Å². The number of nitro groups is 1. The van der Waals surface area contributed by atoms with E-state index in [0.29, 0.717) is 10.9 Å². The van der Waals surface area contributed by atoms with Crippen molar-refractivity contribution in [2.45, 2.75) is 0 Å². The summed E-state index contributed by atoms with van der Waals surface area (Å²) in [5.74, 6) is -0.855. The lowest BCUT2D eigenvalue weighted by molar-refractivity contribution is -0.384. The van der Waals surface area contributed by atoms with Crippen molar-refractivity contribution >= 4 is 39.8 Å². The van der Waals surface area contributed by atoms with Crippen molar-refractivity contribution < 1.29 is 14.8 Å². The molecule has 1 aromatic heterocycles. The number of aromatic amines is 1. The van der Waals surface area contributed by atoms with Crippen molar-refractivity contribution in [2.24, 2.45) is 0 Å². The van der Waals surface area contributed by atoms with Crippen molar-refractivity contribution in [1.29, 1.82) is 0 Å². The van der Waals surface area contributed by atoms with Crippen LogP contribution in [0.2, 0.25) is 5.02 Å². The first-order chi connectivity index (χ1) is 11.8. The van der Waals surface area contributed by atoms with Crippen molar-refractivity contribution in [3.05, 3.63) is 73.5 Å². The van der Waals surface area contributed by atoms with Crippen LogP contribution in [0.3, 0.4) is 0 Å². The Morgan fingerprint density at radius 3 is 2.64 bits per heavy atom. The van der Waals surface area contributed by atoms with Gasteiger partial charge in [0.25, 0.3) is 17.2 Å². The number of aromatic nitrogens is 1. The molecule has 3 N–H and O–H groups in total. The van der Waals surface area contributed by atoms with Crippen LogP contribution in [0.1, 0.15) is 10.4 Å². The molecule has 0 unspecified atom stereocenters. The Morgan fingerprint density at radius 1 is 1.20 bits per heavy atom. The summed E-state index contributed by atoms with van der Waals surface area (Å²) in [6, 6.07) is 9.24. The zero-order chi connectivity index (χ0) is 18.1. The Labute approximate surface area is 144 Å². The number of phenolic OH excluding ortho intramolecular Hbond substituents is 1. The average molecular weight is 360 g/mol. The van der Waals surface area contributed by atoms with E-state index in [1.54, 1.807) is 0 Å². The number of aromatic hydroxyl groups is 1. The topological polar surface area (TPSA) is 125 Å². The highest BCUT2D eigenvalue weighted by atomic mass is 35.5. The fourth-order valence-corrected chi connectivity index (χ4v) is 2.44. The van der Waals surface area contributed by atoms with Gasteiger partial charge >= 0.3 is 0 Å². The number of halogens is 1. The Hall–Kier alpha value is -3.39. The van der Waals surface area contributed by atoms with Gasteiger partial charge in [-0.05, 0) is 30.3 Å². The minimum Gasteiger partial charge on any atom is -0.506 e. The monoisotopic (exact) mass is 359 g/mol. The van der Waals surface area contributed by atoms with E-state index in [9.17, 15) is 24.8 Å². The van der Waals surface area contributed by atoms with E-state index in [2.05, 4.69) is 10.3 Å². The Kier molecular flexibility index (Phi) is 4.12. The van der Waals surface area contributed by atoms with Gasteiger partial charge in [-0.25, -0.2) is 0 Å². The summed E-state index contributed by atoms with van der Waals surface area (Å²) in [5, 5.41) is 23.1. The molecular formula is C16H10ClN3O5. The number of amides is 1. The summed E-state index contributed by atoms with van der Waals surface area (Å²) >= 11 is 5.77. The van der Waals surface area contributed by atoms with Crippen LogP contribution >= 0.6 is 11.6 Å². The molecule has 0 aliphatic carbocycles. The number of nitrogens with zero attached hydrogens (tertiary/aromatic N) is 1. The summed E-state index contributed by atoms with van der Waals surface area (Å²) in [6.07, 6.45) is 0. The quantitative estimate of drug-likeness (QED) is 0.376. The van der Waals surface area contributed by atoms with Crippen molar-refractivity contribution in [3.63, 3.8) is 0 Å². The molecule has 0 atom stereocenters. The molecule has 8 nitrogen and oxygen atoms in total. The van der Waals surface area contributed by atoms with Crippen LogP contribution in [0.4, 0.5) is 11.4 Å². The molecule has 0 saturated carbocycles. The zero-order valence-corrected chi connectivity index (χ0v) is 13.2. The molecule has 0 radical (unpaired) electrons. The van der Waals surface area contributed by atoms with Crippen molar-refractivity contribution in [2.75, 3.05) is 5.32 Å². The number of rotatable bonds is 3. The highest BCUT2D eigenvalue weighted by molar-refractivity contribution is 6.32. The summed E-state index contributed by atoms with van der Waals surface area (Å²) in [7, 11) is 0. The Morgan fingerprint density at radius 2 is 1.96 bits per heavy atom. The van der Waals surface area contributed by atoms with Crippen LogP contribution in [-0.4, -0.2) is 20.9 Å². The largest absolute Gasteiger partial charge is 0.506 e. The van der Waals surface area contributed by atoms with Gasteiger partial charge in [0.15, 0.2) is 0 Å². The zero-order valence-electron chi connectivity index (χ0n) is 12.4. The predicted octanol–water partition coefficient (Wildman–Crippen LogP) is 3.05. The number of hydrogen-bond donors (Lipinski definition) is 3. The van der Waals surface area contributed by atoms with Gasteiger partial charge in [-0.1, -0.05) is 11.6 Å². The molecule has 126 valence electrons. The number of carbonyl (C=O) groups excluding carboxylic acids is 1. The molecule has 0 aliphatic heterocycles.